The molecule has 1 heterocycles. The van der Waals surface area contributed by atoms with Crippen molar-refractivity contribution in [2.24, 2.45) is 0 Å². The maximum absolute atomic E-state index is 13.6. The summed E-state index contributed by atoms with van der Waals surface area (Å²) in [5, 5.41) is 4.32. The van der Waals surface area contributed by atoms with Gasteiger partial charge in [-0.3, -0.25) is 0 Å². The zero-order valence-corrected chi connectivity index (χ0v) is 13.0. The van der Waals surface area contributed by atoms with Gasteiger partial charge in [0, 0.05) is 20.8 Å². The highest BCUT2D eigenvalue weighted by Gasteiger charge is 2.08. The van der Waals surface area contributed by atoms with E-state index in [-0.39, 0.29) is 6.54 Å². The van der Waals surface area contributed by atoms with Gasteiger partial charge in [-0.15, -0.1) is 0 Å². The van der Waals surface area contributed by atoms with Crippen LogP contribution in [-0.4, -0.2) is 14.8 Å². The van der Waals surface area contributed by atoms with Gasteiger partial charge in [0.05, 0.1) is 6.54 Å². The van der Waals surface area contributed by atoms with Crippen LogP contribution in [0.1, 0.15) is 5.56 Å². The topological polar surface area (TPSA) is 30.7 Å². The summed E-state index contributed by atoms with van der Waals surface area (Å²) >= 11 is 2.22. The molecule has 0 saturated heterocycles. The second-order valence-corrected chi connectivity index (χ2v) is 5.76. The summed E-state index contributed by atoms with van der Waals surface area (Å²) in [4.78, 5) is 4.22. The highest BCUT2D eigenvalue weighted by atomic mass is 127. The lowest BCUT2D eigenvalue weighted by Gasteiger charge is -2.03. The first-order chi connectivity index (χ1) is 10.1. The molecule has 0 N–H and O–H groups in total. The van der Waals surface area contributed by atoms with E-state index in [4.69, 9.17) is 0 Å². The molecular formula is C15H10F2IN3. The Morgan fingerprint density at radius 3 is 2.71 bits per heavy atom. The smallest absolute Gasteiger partial charge is 0.181 e. The number of hydrogen-bond acceptors (Lipinski definition) is 2. The maximum atomic E-state index is 13.6. The highest BCUT2D eigenvalue weighted by molar-refractivity contribution is 14.1. The molecule has 21 heavy (non-hydrogen) atoms. The minimum Gasteiger partial charge on any atom is -0.248 e. The number of benzene rings is 2. The molecule has 0 atom stereocenters. The van der Waals surface area contributed by atoms with Crippen LogP contribution >= 0.6 is 22.6 Å². The van der Waals surface area contributed by atoms with Crippen molar-refractivity contribution in [3.8, 4) is 11.4 Å². The number of halogens is 3. The molecule has 0 amide bonds. The summed E-state index contributed by atoms with van der Waals surface area (Å²) < 4.78 is 29.1. The molecule has 0 saturated carbocycles. The second kappa shape index (κ2) is 5.88. The van der Waals surface area contributed by atoms with Crippen molar-refractivity contribution in [1.29, 1.82) is 0 Å². The fraction of sp³-hybridized carbons (Fsp3) is 0.0667. The zero-order chi connectivity index (χ0) is 14.8. The average Bonchev–Trinajstić information content (AvgIpc) is 2.91. The Morgan fingerprint density at radius 2 is 1.95 bits per heavy atom. The van der Waals surface area contributed by atoms with Crippen LogP contribution < -0.4 is 0 Å². The van der Waals surface area contributed by atoms with Gasteiger partial charge in [0.1, 0.15) is 18.0 Å². The van der Waals surface area contributed by atoms with E-state index in [0.717, 1.165) is 15.2 Å². The van der Waals surface area contributed by atoms with E-state index in [1.54, 1.807) is 0 Å². The van der Waals surface area contributed by atoms with Gasteiger partial charge in [-0.2, -0.15) is 5.10 Å². The molecule has 3 aromatic rings. The second-order valence-electron chi connectivity index (χ2n) is 4.51. The third-order valence-corrected chi connectivity index (χ3v) is 3.64. The van der Waals surface area contributed by atoms with E-state index in [2.05, 4.69) is 32.7 Å². The largest absolute Gasteiger partial charge is 0.248 e. The molecule has 0 aliphatic carbocycles. The van der Waals surface area contributed by atoms with Crippen molar-refractivity contribution in [3.05, 3.63) is 69.6 Å². The highest BCUT2D eigenvalue weighted by Crippen LogP contribution is 2.18. The Morgan fingerprint density at radius 1 is 1.10 bits per heavy atom. The molecule has 106 valence electrons. The molecule has 3 rings (SSSR count). The lowest BCUT2D eigenvalue weighted by Crippen LogP contribution is -2.03. The molecular weight excluding hydrogens is 387 g/mol. The maximum Gasteiger partial charge on any atom is 0.181 e. The van der Waals surface area contributed by atoms with E-state index in [1.165, 1.54) is 23.1 Å². The standard InChI is InChI=1S/C15H10F2IN3/c16-12-5-4-11(14(17)7-12)8-21-9-19-15(20-21)10-2-1-3-13(18)6-10/h1-7,9H,8H2. The normalized spacial score (nSPS) is 10.8. The van der Waals surface area contributed by atoms with Crippen molar-refractivity contribution < 1.29 is 8.78 Å². The first-order valence-electron chi connectivity index (χ1n) is 6.21. The molecule has 1 aromatic heterocycles. The van der Waals surface area contributed by atoms with E-state index < -0.39 is 11.6 Å². The van der Waals surface area contributed by atoms with Crippen LogP contribution in [0.15, 0.2) is 48.8 Å². The van der Waals surface area contributed by atoms with Gasteiger partial charge < -0.3 is 0 Å². The Labute approximate surface area is 133 Å². The van der Waals surface area contributed by atoms with Crippen LogP contribution in [0.5, 0.6) is 0 Å². The average molecular weight is 397 g/mol. The number of hydrogen-bond donors (Lipinski definition) is 0. The fourth-order valence-corrected chi connectivity index (χ4v) is 2.50. The number of nitrogens with zero attached hydrogens (tertiary/aromatic N) is 3. The molecule has 3 nitrogen and oxygen atoms in total. The van der Waals surface area contributed by atoms with Gasteiger partial charge in [-0.05, 0) is 40.8 Å². The van der Waals surface area contributed by atoms with Crippen molar-refractivity contribution in [1.82, 2.24) is 14.8 Å². The van der Waals surface area contributed by atoms with Crippen molar-refractivity contribution >= 4 is 22.6 Å². The number of aromatic nitrogens is 3. The van der Waals surface area contributed by atoms with Crippen molar-refractivity contribution in [2.45, 2.75) is 6.54 Å². The van der Waals surface area contributed by atoms with Crippen LogP contribution in [0, 0.1) is 15.2 Å². The van der Waals surface area contributed by atoms with E-state index in [0.29, 0.717) is 11.4 Å². The lowest BCUT2D eigenvalue weighted by molar-refractivity contribution is 0.558. The minimum atomic E-state index is -0.589. The Balaban J connectivity index is 1.85. The van der Waals surface area contributed by atoms with Crippen molar-refractivity contribution in [3.63, 3.8) is 0 Å². The van der Waals surface area contributed by atoms with E-state index in [9.17, 15) is 8.78 Å². The van der Waals surface area contributed by atoms with Gasteiger partial charge in [0.2, 0.25) is 0 Å². The minimum absolute atomic E-state index is 0.211. The molecule has 2 aromatic carbocycles. The first kappa shape index (κ1) is 14.1. The molecule has 0 fully saturated rings. The van der Waals surface area contributed by atoms with Crippen LogP contribution in [0.4, 0.5) is 8.78 Å². The van der Waals surface area contributed by atoms with Gasteiger partial charge in [-0.25, -0.2) is 18.4 Å². The summed E-state index contributed by atoms with van der Waals surface area (Å²) in [7, 11) is 0. The Hall–Kier alpha value is -1.83. The molecule has 6 heteroatoms. The van der Waals surface area contributed by atoms with Gasteiger partial charge in [0.15, 0.2) is 5.82 Å². The van der Waals surface area contributed by atoms with E-state index >= 15 is 0 Å². The Bertz CT molecular complexity index is 786. The molecule has 0 spiro atoms. The zero-order valence-electron chi connectivity index (χ0n) is 10.8. The van der Waals surface area contributed by atoms with Crippen molar-refractivity contribution in [2.75, 3.05) is 0 Å². The number of rotatable bonds is 3. The predicted octanol–water partition coefficient (Wildman–Crippen LogP) is 3.88. The van der Waals surface area contributed by atoms with Gasteiger partial charge in [0.25, 0.3) is 0 Å². The summed E-state index contributed by atoms with van der Waals surface area (Å²) in [5.41, 5.74) is 1.27. The van der Waals surface area contributed by atoms with E-state index in [1.807, 2.05) is 24.3 Å². The fourth-order valence-electron chi connectivity index (χ4n) is 1.96. The van der Waals surface area contributed by atoms with Gasteiger partial charge >= 0.3 is 0 Å². The Kier molecular flexibility index (Phi) is 3.96. The SMILES string of the molecule is Fc1ccc(Cn2cnc(-c3cccc(I)c3)n2)c(F)c1. The lowest BCUT2D eigenvalue weighted by atomic mass is 10.2. The monoisotopic (exact) mass is 397 g/mol. The molecule has 0 radical (unpaired) electrons. The summed E-state index contributed by atoms with van der Waals surface area (Å²) in [5.74, 6) is -0.591. The van der Waals surface area contributed by atoms with Crippen LogP contribution in [0.3, 0.4) is 0 Å². The first-order valence-corrected chi connectivity index (χ1v) is 7.29. The third kappa shape index (κ3) is 3.26. The summed E-state index contributed by atoms with van der Waals surface area (Å²) in [6.07, 6.45) is 1.54. The molecule has 0 bridgehead atoms. The van der Waals surface area contributed by atoms with Crippen LogP contribution in [0.2, 0.25) is 0 Å². The molecule has 0 aliphatic rings. The third-order valence-electron chi connectivity index (χ3n) is 2.97. The molecule has 0 aliphatic heterocycles. The summed E-state index contributed by atoms with van der Waals surface area (Å²) in [6, 6.07) is 11.3. The summed E-state index contributed by atoms with van der Waals surface area (Å²) in [6.45, 7) is 0.211. The van der Waals surface area contributed by atoms with Crippen LogP contribution in [-0.2, 0) is 6.54 Å². The van der Waals surface area contributed by atoms with Gasteiger partial charge in [-0.1, -0.05) is 18.2 Å². The van der Waals surface area contributed by atoms with Crippen LogP contribution in [0.25, 0.3) is 11.4 Å². The quantitative estimate of drug-likeness (QED) is 0.629. The molecule has 0 unspecified atom stereocenters. The predicted molar refractivity (Wildman–Crippen MR) is 83.6 cm³/mol.